The van der Waals surface area contributed by atoms with Gasteiger partial charge >= 0.3 is 0 Å². The van der Waals surface area contributed by atoms with Crippen LogP contribution in [0, 0.1) is 0 Å². The first-order valence-electron chi connectivity index (χ1n) is 7.15. The number of nitrogens with zero attached hydrogens (tertiary/aromatic N) is 3. The first-order chi connectivity index (χ1) is 9.93. The third-order valence-electron chi connectivity index (χ3n) is 3.02. The number of hydrogen-bond donors (Lipinski definition) is 1. The zero-order valence-electron chi connectivity index (χ0n) is 12.9. The van der Waals surface area contributed by atoms with Crippen molar-refractivity contribution in [1.29, 1.82) is 0 Å². The SMILES string of the molecule is CCCNc1nc(-c2cccnc2)nc(C(C)(C)C)c1Br. The van der Waals surface area contributed by atoms with Crippen LogP contribution in [0.5, 0.6) is 0 Å². The molecule has 0 amide bonds. The number of hydrogen-bond acceptors (Lipinski definition) is 4. The minimum atomic E-state index is -0.0681. The zero-order valence-corrected chi connectivity index (χ0v) is 14.5. The van der Waals surface area contributed by atoms with E-state index in [1.54, 1.807) is 12.4 Å². The average Bonchev–Trinajstić information content (AvgIpc) is 2.46. The highest BCUT2D eigenvalue weighted by molar-refractivity contribution is 9.10. The van der Waals surface area contributed by atoms with Crippen LogP contribution in [0.3, 0.4) is 0 Å². The monoisotopic (exact) mass is 348 g/mol. The van der Waals surface area contributed by atoms with Gasteiger partial charge in [-0.1, -0.05) is 27.7 Å². The van der Waals surface area contributed by atoms with Gasteiger partial charge in [-0.25, -0.2) is 9.97 Å². The van der Waals surface area contributed by atoms with Gasteiger partial charge in [-0.05, 0) is 34.5 Å². The Labute approximate surface area is 134 Å². The molecule has 2 heterocycles. The molecule has 112 valence electrons. The van der Waals surface area contributed by atoms with Crippen molar-refractivity contribution >= 4 is 21.7 Å². The number of nitrogens with one attached hydrogen (secondary N) is 1. The molecule has 0 bridgehead atoms. The van der Waals surface area contributed by atoms with E-state index in [9.17, 15) is 0 Å². The number of anilines is 1. The molecule has 0 fully saturated rings. The summed E-state index contributed by atoms with van der Waals surface area (Å²) >= 11 is 3.65. The van der Waals surface area contributed by atoms with Crippen LogP contribution in [0.2, 0.25) is 0 Å². The molecule has 1 N–H and O–H groups in total. The van der Waals surface area contributed by atoms with Gasteiger partial charge in [0.15, 0.2) is 5.82 Å². The molecule has 0 atom stereocenters. The fraction of sp³-hybridized carbons (Fsp3) is 0.438. The summed E-state index contributed by atoms with van der Waals surface area (Å²) in [5, 5.41) is 3.37. The van der Waals surface area contributed by atoms with Crippen molar-refractivity contribution in [3.05, 3.63) is 34.7 Å². The summed E-state index contributed by atoms with van der Waals surface area (Å²) in [7, 11) is 0. The highest BCUT2D eigenvalue weighted by Gasteiger charge is 2.23. The summed E-state index contributed by atoms with van der Waals surface area (Å²) in [6, 6.07) is 3.88. The van der Waals surface area contributed by atoms with Gasteiger partial charge in [0.1, 0.15) is 5.82 Å². The molecule has 0 saturated carbocycles. The maximum atomic E-state index is 4.74. The summed E-state index contributed by atoms with van der Waals surface area (Å²) in [5.74, 6) is 1.55. The summed E-state index contributed by atoms with van der Waals surface area (Å²) < 4.78 is 0.941. The van der Waals surface area contributed by atoms with Crippen molar-refractivity contribution in [1.82, 2.24) is 15.0 Å². The smallest absolute Gasteiger partial charge is 0.163 e. The highest BCUT2D eigenvalue weighted by atomic mass is 79.9. The second kappa shape index (κ2) is 6.52. The van der Waals surface area contributed by atoms with Crippen LogP contribution >= 0.6 is 15.9 Å². The normalized spacial score (nSPS) is 11.5. The summed E-state index contributed by atoms with van der Waals surface area (Å²) in [6.07, 6.45) is 4.59. The Balaban J connectivity index is 2.56. The molecule has 0 aliphatic carbocycles. The molecule has 21 heavy (non-hydrogen) atoms. The Morgan fingerprint density at radius 2 is 2.00 bits per heavy atom. The lowest BCUT2D eigenvalue weighted by atomic mass is 9.91. The molecule has 0 spiro atoms. The van der Waals surface area contributed by atoms with E-state index in [0.717, 1.165) is 34.5 Å². The average molecular weight is 349 g/mol. The molecular formula is C16H21BrN4. The van der Waals surface area contributed by atoms with Crippen LogP contribution < -0.4 is 5.32 Å². The van der Waals surface area contributed by atoms with Crippen LogP contribution in [0.1, 0.15) is 39.8 Å². The van der Waals surface area contributed by atoms with Gasteiger partial charge in [0.05, 0.1) is 10.2 Å². The van der Waals surface area contributed by atoms with Crippen LogP contribution in [-0.2, 0) is 5.41 Å². The Hall–Kier alpha value is -1.49. The van der Waals surface area contributed by atoms with Crippen molar-refractivity contribution in [2.45, 2.75) is 39.5 Å². The quantitative estimate of drug-likeness (QED) is 0.888. The van der Waals surface area contributed by atoms with Crippen LogP contribution in [-0.4, -0.2) is 21.5 Å². The van der Waals surface area contributed by atoms with Gasteiger partial charge in [0.25, 0.3) is 0 Å². The van der Waals surface area contributed by atoms with E-state index in [1.165, 1.54) is 0 Å². The minimum Gasteiger partial charge on any atom is -0.369 e. The number of pyridine rings is 1. The molecule has 2 rings (SSSR count). The van der Waals surface area contributed by atoms with Gasteiger partial charge in [-0.3, -0.25) is 4.98 Å². The topological polar surface area (TPSA) is 50.7 Å². The molecular weight excluding hydrogens is 328 g/mol. The Bertz CT molecular complexity index is 606. The molecule has 0 aromatic carbocycles. The summed E-state index contributed by atoms with van der Waals surface area (Å²) in [5.41, 5.74) is 1.85. The van der Waals surface area contributed by atoms with Gasteiger partial charge in [-0.15, -0.1) is 0 Å². The molecule has 5 heteroatoms. The standard InChI is InChI=1S/C16H21BrN4/c1-5-8-19-15-12(17)13(16(2,3)4)20-14(21-15)11-7-6-9-18-10-11/h6-7,9-10H,5,8H2,1-4H3,(H,19,20,21). The predicted octanol–water partition coefficient (Wildman–Crippen LogP) is 4.42. The fourth-order valence-corrected chi connectivity index (χ4v) is 2.84. The van der Waals surface area contributed by atoms with Crippen molar-refractivity contribution in [2.24, 2.45) is 0 Å². The van der Waals surface area contributed by atoms with E-state index in [1.807, 2.05) is 12.1 Å². The molecule has 2 aromatic heterocycles. The van der Waals surface area contributed by atoms with E-state index < -0.39 is 0 Å². The first-order valence-corrected chi connectivity index (χ1v) is 7.95. The number of rotatable bonds is 4. The van der Waals surface area contributed by atoms with Crippen molar-refractivity contribution in [2.75, 3.05) is 11.9 Å². The second-order valence-corrected chi connectivity index (χ2v) is 6.77. The third-order valence-corrected chi connectivity index (χ3v) is 3.77. The molecule has 0 radical (unpaired) electrons. The summed E-state index contributed by atoms with van der Waals surface area (Å²) in [6.45, 7) is 9.46. The van der Waals surface area contributed by atoms with E-state index in [4.69, 9.17) is 4.98 Å². The van der Waals surface area contributed by atoms with Crippen molar-refractivity contribution < 1.29 is 0 Å². The molecule has 4 nitrogen and oxygen atoms in total. The number of aromatic nitrogens is 3. The lowest BCUT2D eigenvalue weighted by molar-refractivity contribution is 0.564. The first kappa shape index (κ1) is 15.9. The van der Waals surface area contributed by atoms with E-state index in [0.29, 0.717) is 5.82 Å². The Morgan fingerprint density at radius 1 is 1.24 bits per heavy atom. The van der Waals surface area contributed by atoms with Crippen LogP contribution in [0.15, 0.2) is 29.0 Å². The highest BCUT2D eigenvalue weighted by Crippen LogP contribution is 2.34. The molecule has 0 saturated heterocycles. The number of halogens is 1. The zero-order chi connectivity index (χ0) is 15.5. The van der Waals surface area contributed by atoms with E-state index in [-0.39, 0.29) is 5.41 Å². The lowest BCUT2D eigenvalue weighted by Crippen LogP contribution is -2.17. The van der Waals surface area contributed by atoms with Gasteiger partial charge in [0, 0.05) is 29.9 Å². The third kappa shape index (κ3) is 3.79. The summed E-state index contributed by atoms with van der Waals surface area (Å²) in [4.78, 5) is 13.5. The minimum absolute atomic E-state index is 0.0681. The maximum absolute atomic E-state index is 4.74. The predicted molar refractivity (Wildman–Crippen MR) is 90.4 cm³/mol. The maximum Gasteiger partial charge on any atom is 0.163 e. The van der Waals surface area contributed by atoms with Crippen molar-refractivity contribution in [3.63, 3.8) is 0 Å². The largest absolute Gasteiger partial charge is 0.369 e. The van der Waals surface area contributed by atoms with Crippen molar-refractivity contribution in [3.8, 4) is 11.4 Å². The van der Waals surface area contributed by atoms with E-state index >= 15 is 0 Å². The fourth-order valence-electron chi connectivity index (χ4n) is 1.93. The molecule has 2 aromatic rings. The molecule has 0 unspecified atom stereocenters. The second-order valence-electron chi connectivity index (χ2n) is 5.98. The van der Waals surface area contributed by atoms with Gasteiger partial charge in [-0.2, -0.15) is 0 Å². The Morgan fingerprint density at radius 3 is 2.57 bits per heavy atom. The van der Waals surface area contributed by atoms with E-state index in [2.05, 4.69) is 58.9 Å². The van der Waals surface area contributed by atoms with Crippen LogP contribution in [0.4, 0.5) is 5.82 Å². The van der Waals surface area contributed by atoms with Gasteiger partial charge < -0.3 is 5.32 Å². The van der Waals surface area contributed by atoms with Crippen LogP contribution in [0.25, 0.3) is 11.4 Å². The molecule has 0 aliphatic heterocycles. The molecule has 0 aliphatic rings. The lowest BCUT2D eigenvalue weighted by Gasteiger charge is -2.22. The Kier molecular flexibility index (Phi) is 4.93. The van der Waals surface area contributed by atoms with Gasteiger partial charge in [0.2, 0.25) is 0 Å².